The average molecular weight is 176 g/mol. The van der Waals surface area contributed by atoms with Gasteiger partial charge >= 0.3 is 0 Å². The van der Waals surface area contributed by atoms with Crippen molar-refractivity contribution in [2.24, 2.45) is 5.92 Å². The zero-order valence-corrected chi connectivity index (χ0v) is 7.02. The molecule has 0 aromatic rings. The predicted molar refractivity (Wildman–Crippen MR) is 41.7 cm³/mol. The van der Waals surface area contributed by atoms with E-state index in [9.17, 15) is 8.42 Å². The Hall–Kier alpha value is -0.130. The molecule has 11 heavy (non-hydrogen) atoms. The molecule has 0 bridgehead atoms. The molecule has 2 aliphatic rings. The SMILES string of the molecule is O=S1(=O)NCC[C@H]2CNC[C@H]21. The Bertz CT molecular complexity index is 249. The first-order valence-corrected chi connectivity index (χ1v) is 5.44. The van der Waals surface area contributed by atoms with Gasteiger partial charge in [-0.3, -0.25) is 0 Å². The van der Waals surface area contributed by atoms with Crippen molar-refractivity contribution in [3.63, 3.8) is 0 Å². The van der Waals surface area contributed by atoms with Gasteiger partial charge < -0.3 is 5.32 Å². The predicted octanol–water partition coefficient (Wildman–Crippen LogP) is -1.10. The van der Waals surface area contributed by atoms with Crippen molar-refractivity contribution in [1.29, 1.82) is 0 Å². The Labute approximate surface area is 66.4 Å². The van der Waals surface area contributed by atoms with Crippen molar-refractivity contribution in [2.45, 2.75) is 11.7 Å². The lowest BCUT2D eigenvalue weighted by Gasteiger charge is -2.24. The molecule has 0 amide bonds. The quantitative estimate of drug-likeness (QED) is 0.492. The Balaban J connectivity index is 2.26. The zero-order chi connectivity index (χ0) is 7.90. The standard InChI is InChI=1S/C6H12N2O2S/c9-11(10)6-4-7-3-5(6)1-2-8-11/h5-8H,1-4H2/t5-,6+/m0/s1. The molecule has 0 aromatic heterocycles. The highest BCUT2D eigenvalue weighted by atomic mass is 32.2. The normalized spacial score (nSPS) is 41.8. The van der Waals surface area contributed by atoms with Gasteiger partial charge in [0.05, 0.1) is 5.25 Å². The van der Waals surface area contributed by atoms with E-state index in [2.05, 4.69) is 10.0 Å². The maximum absolute atomic E-state index is 11.3. The molecule has 2 rings (SSSR count). The molecule has 0 unspecified atom stereocenters. The molecule has 2 fully saturated rings. The number of nitrogens with one attached hydrogen (secondary N) is 2. The van der Waals surface area contributed by atoms with E-state index in [1.807, 2.05) is 0 Å². The summed E-state index contributed by atoms with van der Waals surface area (Å²) in [5.74, 6) is 0.348. The topological polar surface area (TPSA) is 58.2 Å². The van der Waals surface area contributed by atoms with Crippen molar-refractivity contribution in [2.75, 3.05) is 19.6 Å². The lowest BCUT2D eigenvalue weighted by Crippen LogP contribution is -2.45. The first kappa shape index (κ1) is 7.52. The summed E-state index contributed by atoms with van der Waals surface area (Å²) in [5, 5.41) is 2.93. The highest BCUT2D eigenvalue weighted by Crippen LogP contribution is 2.22. The molecule has 0 spiro atoms. The highest BCUT2D eigenvalue weighted by molar-refractivity contribution is 7.90. The molecule has 0 aromatic carbocycles. The molecule has 2 saturated heterocycles. The van der Waals surface area contributed by atoms with Crippen molar-refractivity contribution in [3.8, 4) is 0 Å². The number of fused-ring (bicyclic) bond motifs is 1. The zero-order valence-electron chi connectivity index (χ0n) is 6.21. The van der Waals surface area contributed by atoms with Crippen molar-refractivity contribution < 1.29 is 8.42 Å². The second kappa shape index (κ2) is 2.43. The van der Waals surface area contributed by atoms with Gasteiger partial charge in [-0.2, -0.15) is 0 Å². The summed E-state index contributed by atoms with van der Waals surface area (Å²) in [4.78, 5) is 0. The minimum atomic E-state index is -2.97. The second-order valence-electron chi connectivity index (χ2n) is 3.18. The van der Waals surface area contributed by atoms with E-state index in [4.69, 9.17) is 0 Å². The fourth-order valence-electron chi connectivity index (χ4n) is 1.85. The van der Waals surface area contributed by atoms with Crippen molar-refractivity contribution in [1.82, 2.24) is 10.0 Å². The van der Waals surface area contributed by atoms with E-state index < -0.39 is 10.0 Å². The minimum Gasteiger partial charge on any atom is -0.315 e. The van der Waals surface area contributed by atoms with E-state index in [-0.39, 0.29) is 5.25 Å². The van der Waals surface area contributed by atoms with Crippen molar-refractivity contribution in [3.05, 3.63) is 0 Å². The Morgan fingerprint density at radius 1 is 1.27 bits per heavy atom. The monoisotopic (exact) mass is 176 g/mol. The van der Waals surface area contributed by atoms with Crippen LogP contribution in [0.3, 0.4) is 0 Å². The van der Waals surface area contributed by atoms with E-state index in [0.717, 1.165) is 13.0 Å². The van der Waals surface area contributed by atoms with E-state index >= 15 is 0 Å². The van der Waals surface area contributed by atoms with Crippen LogP contribution in [0.25, 0.3) is 0 Å². The van der Waals surface area contributed by atoms with E-state index in [0.29, 0.717) is 19.0 Å². The number of hydrogen-bond acceptors (Lipinski definition) is 3. The minimum absolute atomic E-state index is 0.170. The molecular weight excluding hydrogens is 164 g/mol. The van der Waals surface area contributed by atoms with Crippen LogP contribution in [0, 0.1) is 5.92 Å². The molecule has 0 radical (unpaired) electrons. The Morgan fingerprint density at radius 3 is 2.82 bits per heavy atom. The summed E-state index contributed by atoms with van der Waals surface area (Å²) in [6.07, 6.45) is 0.983. The smallest absolute Gasteiger partial charge is 0.216 e. The first-order chi connectivity index (χ1) is 5.20. The molecule has 2 N–H and O–H groups in total. The Kier molecular flexibility index (Phi) is 1.66. The van der Waals surface area contributed by atoms with Crippen LogP contribution < -0.4 is 10.0 Å². The van der Waals surface area contributed by atoms with Gasteiger partial charge in [0.25, 0.3) is 0 Å². The molecule has 0 saturated carbocycles. The Morgan fingerprint density at radius 2 is 2.09 bits per heavy atom. The molecule has 2 aliphatic heterocycles. The average Bonchev–Trinajstić information content (AvgIpc) is 2.34. The summed E-state index contributed by atoms with van der Waals surface area (Å²) >= 11 is 0. The lowest BCUT2D eigenvalue weighted by atomic mass is 10.0. The van der Waals surface area contributed by atoms with Gasteiger partial charge in [0.2, 0.25) is 10.0 Å². The summed E-state index contributed by atoms with van der Waals surface area (Å²) in [5.41, 5.74) is 0. The number of sulfonamides is 1. The van der Waals surface area contributed by atoms with Gasteiger partial charge in [0.1, 0.15) is 0 Å². The summed E-state index contributed by atoms with van der Waals surface area (Å²) in [6.45, 7) is 2.11. The molecule has 64 valence electrons. The van der Waals surface area contributed by atoms with Crippen LogP contribution >= 0.6 is 0 Å². The van der Waals surface area contributed by atoms with Crippen molar-refractivity contribution >= 4 is 10.0 Å². The van der Waals surface area contributed by atoms with Crippen LogP contribution in [-0.4, -0.2) is 33.3 Å². The molecule has 0 aliphatic carbocycles. The van der Waals surface area contributed by atoms with E-state index in [1.165, 1.54) is 0 Å². The fraction of sp³-hybridized carbons (Fsp3) is 1.00. The third-order valence-corrected chi connectivity index (χ3v) is 4.45. The van der Waals surface area contributed by atoms with Crippen LogP contribution in [0.15, 0.2) is 0 Å². The van der Waals surface area contributed by atoms with Gasteiger partial charge in [0.15, 0.2) is 0 Å². The summed E-state index contributed by atoms with van der Waals surface area (Å²) < 4.78 is 25.2. The maximum atomic E-state index is 11.3. The number of hydrogen-bond donors (Lipinski definition) is 2. The molecule has 2 atom stereocenters. The fourth-order valence-corrected chi connectivity index (χ4v) is 3.55. The van der Waals surface area contributed by atoms with Crippen LogP contribution in [-0.2, 0) is 10.0 Å². The number of rotatable bonds is 0. The van der Waals surface area contributed by atoms with Gasteiger partial charge in [-0.1, -0.05) is 0 Å². The highest BCUT2D eigenvalue weighted by Gasteiger charge is 2.39. The van der Waals surface area contributed by atoms with Gasteiger partial charge in [0, 0.05) is 13.1 Å². The van der Waals surface area contributed by atoms with Crippen LogP contribution in [0.5, 0.6) is 0 Å². The summed E-state index contributed by atoms with van der Waals surface area (Å²) in [7, 11) is -2.97. The molecule has 2 heterocycles. The maximum Gasteiger partial charge on any atom is 0.216 e. The second-order valence-corrected chi connectivity index (χ2v) is 5.17. The molecular formula is C6H12N2O2S. The lowest BCUT2D eigenvalue weighted by molar-refractivity contribution is 0.468. The molecule has 4 nitrogen and oxygen atoms in total. The van der Waals surface area contributed by atoms with Crippen LogP contribution in [0.1, 0.15) is 6.42 Å². The molecule has 5 heteroatoms. The van der Waals surface area contributed by atoms with Crippen LogP contribution in [0.2, 0.25) is 0 Å². The van der Waals surface area contributed by atoms with Gasteiger partial charge in [-0.25, -0.2) is 13.1 Å². The van der Waals surface area contributed by atoms with Gasteiger partial charge in [-0.15, -0.1) is 0 Å². The third kappa shape index (κ3) is 1.17. The van der Waals surface area contributed by atoms with Crippen LogP contribution in [0.4, 0.5) is 0 Å². The first-order valence-electron chi connectivity index (χ1n) is 3.89. The summed E-state index contributed by atoms with van der Waals surface area (Å²) in [6, 6.07) is 0. The van der Waals surface area contributed by atoms with E-state index in [1.54, 1.807) is 0 Å². The van der Waals surface area contributed by atoms with Gasteiger partial charge in [-0.05, 0) is 18.9 Å². The largest absolute Gasteiger partial charge is 0.315 e. The third-order valence-electron chi connectivity index (χ3n) is 2.49.